The Labute approximate surface area is 612 Å². The average Bonchev–Trinajstić information content (AvgIpc) is 1.47. The number of amides is 32. The molecular formula is C49H50N32O31. The smallest absolute Gasteiger partial charge is 0.330 e. The van der Waals surface area contributed by atoms with E-state index >= 15 is 76.7 Å². The molecule has 0 saturated carbocycles. The third kappa shape index (κ3) is 4.64. The first-order valence-corrected chi connectivity index (χ1v) is 33.6. The maximum atomic E-state index is 15.9. The largest absolute Gasteiger partial charge is 0.350 e. The Balaban J connectivity index is 0.713. The van der Waals surface area contributed by atoms with Gasteiger partial charge in [0.1, 0.15) is 107 Å². The molecule has 24 aliphatic rings. The number of aliphatic hydroxyl groups is 15. The van der Waals surface area contributed by atoms with Crippen LogP contribution in [-0.2, 0) is 0 Å². The molecule has 0 unspecified atom stereocenters. The van der Waals surface area contributed by atoms with Gasteiger partial charge in [-0.25, -0.2) is 76.7 Å². The molecule has 24 fully saturated rings. The second kappa shape index (κ2) is 15.9. The molecule has 0 aliphatic carbocycles. The van der Waals surface area contributed by atoms with Crippen molar-refractivity contribution in [1.29, 1.82) is 0 Å². The molecule has 15 N–H and O–H groups in total. The van der Waals surface area contributed by atoms with Gasteiger partial charge in [0.25, 0.3) is 5.85 Å². The third-order valence-electron chi connectivity index (χ3n) is 28.0. The highest BCUT2D eigenvalue weighted by Crippen LogP contribution is 2.66. The predicted molar refractivity (Wildman–Crippen MR) is 306 cm³/mol. The van der Waals surface area contributed by atoms with E-state index in [0.717, 1.165) is 6.92 Å². The monoisotopic (exact) mass is 1580 g/mol. The number of hydrogen-bond donors (Lipinski definition) is 15. The Hall–Kier alpha value is -12.3. The van der Waals surface area contributed by atoms with Gasteiger partial charge in [0.05, 0.1) is 0 Å². The number of carbonyl (C=O) groups is 16. The molecule has 0 bridgehead atoms. The number of nitrogens with zero attached hydrogens (tertiary/aromatic N) is 32. The molecule has 63 heteroatoms. The van der Waals surface area contributed by atoms with Crippen LogP contribution in [0.25, 0.3) is 0 Å². The summed E-state index contributed by atoms with van der Waals surface area (Å²) in [6.07, 6.45) is 0. The van der Waals surface area contributed by atoms with Crippen LogP contribution in [0, 0.1) is 0 Å². The molecule has 63 nitrogen and oxygen atoms in total. The van der Waals surface area contributed by atoms with E-state index in [1.165, 1.54) is 0 Å². The SMILES string of the molecule is CC12N3CN4C(=O)N5CN6C(=O)N7CN8C(=O)N9CN%10C(=O)N%11CN%12C(=O)N%13CN%14C(=O)N%15CN%16C(=O)N%17CN(C3=O)C1(O)N1CN3C(=O)N(CN%18C(=O)N(CN%19C(=O)N(CN%20C(=O)N(CN%21C(=O)N(CN%22C(=O)N(CN%23C(=O)N(CN2C1=O)C4(O)C5%23O)C6(O)C7%22O)C8(O)C9%21O)C%10(O)C%11%20O)C%12(O)C%13%19O)C%14(O)C%15%18O)C%16(O)C%173O. The minimum atomic E-state index is -3.93. The van der Waals surface area contributed by atoms with Crippen LogP contribution in [-0.4, -0.2) is 530 Å². The maximum Gasteiger partial charge on any atom is 0.330 e. The summed E-state index contributed by atoms with van der Waals surface area (Å²) in [4.78, 5) is 254. The van der Waals surface area contributed by atoms with E-state index in [2.05, 4.69) is 0 Å². The molecular weight excluding hydrogens is 1530 g/mol. The van der Waals surface area contributed by atoms with E-state index in [-0.39, 0.29) is 147 Å². The number of hydrogen-bond acceptors (Lipinski definition) is 31. The zero-order valence-electron chi connectivity index (χ0n) is 55.9. The molecule has 24 saturated heterocycles. The highest BCUT2D eigenvalue weighted by atomic mass is 16.6. The summed E-state index contributed by atoms with van der Waals surface area (Å²) >= 11 is 0. The van der Waals surface area contributed by atoms with Crippen molar-refractivity contribution in [1.82, 2.24) is 157 Å². The predicted octanol–water partition coefficient (Wildman–Crippen LogP) is -17.4. The van der Waals surface area contributed by atoms with E-state index < -0.39 is 297 Å². The molecule has 592 valence electrons. The van der Waals surface area contributed by atoms with Crippen LogP contribution in [0.3, 0.4) is 0 Å². The van der Waals surface area contributed by atoms with Gasteiger partial charge in [-0.05, 0) is 6.92 Å². The fraction of sp³-hybridized carbons (Fsp3) is 0.673. The van der Waals surface area contributed by atoms with Crippen molar-refractivity contribution < 1.29 is 153 Å². The molecule has 112 heavy (non-hydrogen) atoms. The normalized spacial score (nSPS) is 47.0. The van der Waals surface area contributed by atoms with Gasteiger partial charge in [-0.3, -0.25) is 157 Å². The van der Waals surface area contributed by atoms with Crippen LogP contribution in [0.4, 0.5) is 76.7 Å². The molecule has 0 radical (unpaired) electrons. The van der Waals surface area contributed by atoms with E-state index in [9.17, 15) is 76.6 Å². The Morgan fingerprint density at radius 2 is 0.196 bits per heavy atom. The van der Waals surface area contributed by atoms with Crippen molar-refractivity contribution in [3.8, 4) is 0 Å². The van der Waals surface area contributed by atoms with Gasteiger partial charge in [-0.1, -0.05) is 0 Å². The van der Waals surface area contributed by atoms with Crippen LogP contribution < -0.4 is 0 Å². The second-order valence-corrected chi connectivity index (χ2v) is 31.0. The fourth-order valence-corrected chi connectivity index (χ4v) is 22.4. The minimum Gasteiger partial charge on any atom is -0.350 e. The standard InChI is InChI=1S/C49H50N32O31/c1-34-35(98)52-4-56-22(86)60-8-64-26(90)68-12-72-30(94)76-16-80-32(96)78-14-74-28(92)70-10-66-24(88)62-6-58-20(84)54(2-50(34)18(52)82)36(99)37(58,100)59-7-63-25(89)67(41(66,104)40(62,63)103)11-71-29(93)75(45(74,108)44(70,71)107)15-79-33(97)81(49(80,112)48(78,79)111)17-77-31(95)73(46(72,109)47(76,77)110)13-69-27(91)65(42(64,105)43(68,69)106)9-61-23(87)57(38(56,101)39(60,61)102)5-53(35)19(83)51(34)3-55(36)21(59)85/h98-112H,2-17H2,1H3. The maximum absolute atomic E-state index is 15.9. The van der Waals surface area contributed by atoms with Gasteiger partial charge in [-0.15, -0.1) is 0 Å². The van der Waals surface area contributed by atoms with Crippen molar-refractivity contribution in [2.75, 3.05) is 107 Å². The third-order valence-corrected chi connectivity index (χ3v) is 28.0. The molecule has 24 aliphatic heterocycles. The van der Waals surface area contributed by atoms with Crippen molar-refractivity contribution >= 4 is 96.5 Å². The zero-order chi connectivity index (χ0) is 79.0. The molecule has 0 spiro atoms. The van der Waals surface area contributed by atoms with Gasteiger partial charge in [-0.2, -0.15) is 0 Å². The topological polar surface area (TPSA) is 680 Å². The van der Waals surface area contributed by atoms with Crippen molar-refractivity contribution in [2.24, 2.45) is 0 Å². The lowest BCUT2D eigenvalue weighted by Gasteiger charge is -2.51. The summed E-state index contributed by atoms with van der Waals surface area (Å²) in [5, 5.41) is 203. The van der Waals surface area contributed by atoms with E-state index in [4.69, 9.17) is 0 Å². The number of carbonyl (C=O) groups excluding carboxylic acids is 16. The average molecular weight is 1580 g/mol. The first-order valence-electron chi connectivity index (χ1n) is 33.6. The van der Waals surface area contributed by atoms with Gasteiger partial charge in [0, 0.05) is 0 Å². The highest BCUT2D eigenvalue weighted by Gasteiger charge is 2.96. The highest BCUT2D eigenvalue weighted by molar-refractivity contribution is 5.99. The Bertz CT molecular complexity index is 3680. The molecule has 24 rings (SSSR count). The molecule has 0 aromatic heterocycles. The van der Waals surface area contributed by atoms with Crippen molar-refractivity contribution in [3.63, 3.8) is 0 Å². The molecule has 32 amide bonds. The quantitative estimate of drug-likeness (QED) is 0.107. The molecule has 0 aromatic carbocycles. The van der Waals surface area contributed by atoms with Crippen LogP contribution in [0.1, 0.15) is 6.92 Å². The van der Waals surface area contributed by atoms with Crippen LogP contribution >= 0.6 is 0 Å². The Morgan fingerprint density at radius 1 is 0.134 bits per heavy atom. The van der Waals surface area contributed by atoms with Gasteiger partial charge < -0.3 is 76.6 Å². The lowest BCUT2D eigenvalue weighted by Crippen LogP contribution is -2.78. The summed E-state index contributed by atoms with van der Waals surface area (Å²) in [5.41, 5.74) is -2.94. The van der Waals surface area contributed by atoms with Crippen LogP contribution in [0.5, 0.6) is 0 Å². The number of rotatable bonds is 0. The van der Waals surface area contributed by atoms with Crippen molar-refractivity contribution in [2.45, 2.75) is 100 Å². The second-order valence-electron chi connectivity index (χ2n) is 31.0. The molecule has 0 atom stereocenters. The summed E-state index contributed by atoms with van der Waals surface area (Å²) in [5.74, 6) is -58.1. The van der Waals surface area contributed by atoms with Gasteiger partial charge >= 0.3 is 178 Å². The fourth-order valence-electron chi connectivity index (χ4n) is 22.4. The van der Waals surface area contributed by atoms with E-state index in [1.54, 1.807) is 0 Å². The molecule has 0 aromatic rings. The Morgan fingerprint density at radius 3 is 0.286 bits per heavy atom. The first kappa shape index (κ1) is 63.5. The molecule has 24 heterocycles. The first-order chi connectivity index (χ1) is 52.2. The zero-order valence-corrected chi connectivity index (χ0v) is 55.9. The Kier molecular flexibility index (Phi) is 9.00. The van der Waals surface area contributed by atoms with Gasteiger partial charge in [0.2, 0.25) is 0 Å². The van der Waals surface area contributed by atoms with Gasteiger partial charge in [0.15, 0.2) is 5.66 Å². The summed E-state index contributed by atoms with van der Waals surface area (Å²) in [7, 11) is 0. The summed E-state index contributed by atoms with van der Waals surface area (Å²) in [6, 6.07) is -29.8. The number of urea groups is 16. The van der Waals surface area contributed by atoms with Crippen LogP contribution in [0.2, 0.25) is 0 Å². The minimum absolute atomic E-state index is 0.000478. The van der Waals surface area contributed by atoms with E-state index in [1.807, 2.05) is 0 Å². The van der Waals surface area contributed by atoms with Crippen molar-refractivity contribution in [3.05, 3.63) is 0 Å². The lowest BCUT2D eigenvalue weighted by atomic mass is 10.0. The summed E-state index contributed by atoms with van der Waals surface area (Å²) in [6.45, 7) is -27.9. The van der Waals surface area contributed by atoms with Crippen LogP contribution in [0.15, 0.2) is 0 Å². The summed E-state index contributed by atoms with van der Waals surface area (Å²) < 4.78 is 0. The lowest BCUT2D eigenvalue weighted by molar-refractivity contribution is -0.370. The van der Waals surface area contributed by atoms with E-state index in [0.29, 0.717) is 9.80 Å².